The van der Waals surface area contributed by atoms with Crippen LogP contribution in [-0.2, 0) is 11.3 Å². The highest BCUT2D eigenvalue weighted by molar-refractivity contribution is 7.09. The molecule has 2 saturated heterocycles. The molecule has 0 radical (unpaired) electrons. The lowest BCUT2D eigenvalue weighted by Gasteiger charge is -2.33. The Kier molecular flexibility index (Phi) is 3.34. The molecule has 0 aromatic carbocycles. The van der Waals surface area contributed by atoms with Crippen molar-refractivity contribution in [3.05, 3.63) is 40.7 Å². The van der Waals surface area contributed by atoms with Crippen LogP contribution >= 0.6 is 11.3 Å². The molecule has 106 valence electrons. The van der Waals surface area contributed by atoms with Gasteiger partial charge in [0.25, 0.3) is 0 Å². The van der Waals surface area contributed by atoms with Crippen LogP contribution in [0.4, 0.5) is 0 Å². The van der Waals surface area contributed by atoms with Gasteiger partial charge >= 0.3 is 0 Å². The molecule has 2 aliphatic heterocycles. The second-order valence-electron chi connectivity index (χ2n) is 5.68. The van der Waals surface area contributed by atoms with Crippen LogP contribution in [0.5, 0.6) is 0 Å². The van der Waals surface area contributed by atoms with Crippen LogP contribution in [0, 0.1) is 5.92 Å². The number of hydrogen-bond donors (Lipinski definition) is 0. The Labute approximate surface area is 122 Å². The SMILES string of the molecule is c1csc([C@H]2C[C@H]3CCN(Cc4ccoc4)C[C@H]3O2)n1. The summed E-state index contributed by atoms with van der Waals surface area (Å²) in [5.41, 5.74) is 1.25. The van der Waals surface area contributed by atoms with Crippen LogP contribution in [0.15, 0.2) is 34.6 Å². The Hall–Kier alpha value is -1.17. The van der Waals surface area contributed by atoms with Gasteiger partial charge in [-0.15, -0.1) is 11.3 Å². The van der Waals surface area contributed by atoms with Crippen LogP contribution in [0.3, 0.4) is 0 Å². The second-order valence-corrected chi connectivity index (χ2v) is 6.61. The van der Waals surface area contributed by atoms with Gasteiger partial charge in [-0.1, -0.05) is 0 Å². The summed E-state index contributed by atoms with van der Waals surface area (Å²) < 4.78 is 11.4. The summed E-state index contributed by atoms with van der Waals surface area (Å²) in [6.07, 6.45) is 8.40. The zero-order chi connectivity index (χ0) is 13.4. The van der Waals surface area contributed by atoms with Crippen molar-refractivity contribution >= 4 is 11.3 Å². The molecule has 20 heavy (non-hydrogen) atoms. The fraction of sp³-hybridized carbons (Fsp3) is 0.533. The number of ether oxygens (including phenoxy) is 1. The number of aromatic nitrogens is 1. The molecule has 2 aromatic heterocycles. The molecular formula is C15H18N2O2S. The number of piperidine rings is 1. The topological polar surface area (TPSA) is 38.5 Å². The number of nitrogens with zero attached hydrogens (tertiary/aromatic N) is 2. The van der Waals surface area contributed by atoms with E-state index in [0.717, 1.165) is 31.1 Å². The van der Waals surface area contributed by atoms with Crippen LogP contribution in [-0.4, -0.2) is 29.1 Å². The molecule has 0 N–H and O–H groups in total. The van der Waals surface area contributed by atoms with E-state index in [1.165, 1.54) is 12.0 Å². The molecule has 3 atom stereocenters. The number of furan rings is 1. The molecule has 2 aromatic rings. The highest BCUT2D eigenvalue weighted by Gasteiger charge is 2.40. The van der Waals surface area contributed by atoms with Gasteiger partial charge in [0.05, 0.1) is 18.6 Å². The fourth-order valence-corrected chi connectivity index (χ4v) is 4.02. The minimum absolute atomic E-state index is 0.221. The zero-order valence-electron chi connectivity index (χ0n) is 11.3. The monoisotopic (exact) mass is 290 g/mol. The van der Waals surface area contributed by atoms with Crippen molar-refractivity contribution in [2.45, 2.75) is 31.6 Å². The molecule has 5 heteroatoms. The van der Waals surface area contributed by atoms with Gasteiger partial charge in [-0.05, 0) is 31.4 Å². The van der Waals surface area contributed by atoms with E-state index in [2.05, 4.69) is 9.88 Å². The third kappa shape index (κ3) is 2.41. The van der Waals surface area contributed by atoms with Crippen molar-refractivity contribution in [1.82, 2.24) is 9.88 Å². The van der Waals surface area contributed by atoms with E-state index in [0.29, 0.717) is 12.0 Å². The lowest BCUT2D eigenvalue weighted by molar-refractivity contribution is -0.00943. The summed E-state index contributed by atoms with van der Waals surface area (Å²) in [7, 11) is 0. The first kappa shape index (κ1) is 12.6. The van der Waals surface area contributed by atoms with E-state index in [4.69, 9.17) is 9.15 Å². The summed E-state index contributed by atoms with van der Waals surface area (Å²) in [5.74, 6) is 0.699. The molecule has 4 rings (SSSR count). The van der Waals surface area contributed by atoms with E-state index in [9.17, 15) is 0 Å². The molecular weight excluding hydrogens is 272 g/mol. The molecule has 4 heterocycles. The molecule has 2 fully saturated rings. The first-order chi connectivity index (χ1) is 9.88. The maximum Gasteiger partial charge on any atom is 0.121 e. The number of rotatable bonds is 3. The summed E-state index contributed by atoms with van der Waals surface area (Å²) >= 11 is 1.71. The quantitative estimate of drug-likeness (QED) is 0.870. The standard InChI is InChI=1S/C15H18N2O2S/c1-4-17(8-11-2-5-18-10-11)9-14-12(1)7-13(19-14)15-16-3-6-20-15/h2-3,5-6,10,12-14H,1,4,7-9H2/t12-,13-,14-/m1/s1. The van der Waals surface area contributed by atoms with Gasteiger partial charge in [0, 0.05) is 30.2 Å². The van der Waals surface area contributed by atoms with Crippen molar-refractivity contribution < 1.29 is 9.15 Å². The van der Waals surface area contributed by atoms with Crippen molar-refractivity contribution in [3.8, 4) is 0 Å². The van der Waals surface area contributed by atoms with E-state index in [1.807, 2.05) is 23.9 Å². The Morgan fingerprint density at radius 2 is 2.45 bits per heavy atom. The third-order valence-corrected chi connectivity index (χ3v) is 5.22. The van der Waals surface area contributed by atoms with Crippen LogP contribution in [0.2, 0.25) is 0 Å². The van der Waals surface area contributed by atoms with Gasteiger partial charge in [-0.25, -0.2) is 4.98 Å². The average Bonchev–Trinajstić information content (AvgIpc) is 3.19. The third-order valence-electron chi connectivity index (χ3n) is 4.35. The van der Waals surface area contributed by atoms with Gasteiger partial charge in [-0.3, -0.25) is 4.90 Å². The summed E-state index contributed by atoms with van der Waals surface area (Å²) in [4.78, 5) is 6.87. The van der Waals surface area contributed by atoms with Gasteiger partial charge in [-0.2, -0.15) is 0 Å². The number of hydrogen-bond acceptors (Lipinski definition) is 5. The van der Waals surface area contributed by atoms with Crippen molar-refractivity contribution in [1.29, 1.82) is 0 Å². The first-order valence-electron chi connectivity index (χ1n) is 7.17. The van der Waals surface area contributed by atoms with E-state index < -0.39 is 0 Å². The predicted octanol–water partition coefficient (Wildman–Crippen LogP) is 3.09. The molecule has 0 aliphatic carbocycles. The Bertz CT molecular complexity index is 540. The minimum atomic E-state index is 0.221. The Morgan fingerprint density at radius 1 is 1.45 bits per heavy atom. The lowest BCUT2D eigenvalue weighted by atomic mass is 9.92. The minimum Gasteiger partial charge on any atom is -0.472 e. The highest BCUT2D eigenvalue weighted by Crippen LogP contribution is 2.41. The van der Waals surface area contributed by atoms with E-state index >= 15 is 0 Å². The predicted molar refractivity (Wildman–Crippen MR) is 76.4 cm³/mol. The molecule has 0 amide bonds. The second kappa shape index (κ2) is 5.31. The molecule has 0 bridgehead atoms. The van der Waals surface area contributed by atoms with E-state index in [-0.39, 0.29) is 6.10 Å². The lowest BCUT2D eigenvalue weighted by Crippen LogP contribution is -2.41. The highest BCUT2D eigenvalue weighted by atomic mass is 32.1. The molecule has 0 saturated carbocycles. The normalized spacial score (nSPS) is 30.5. The van der Waals surface area contributed by atoms with Crippen molar-refractivity contribution in [3.63, 3.8) is 0 Å². The first-order valence-corrected chi connectivity index (χ1v) is 8.05. The summed E-state index contributed by atoms with van der Waals surface area (Å²) in [5, 5.41) is 3.17. The molecule has 0 spiro atoms. The Morgan fingerprint density at radius 3 is 3.25 bits per heavy atom. The summed E-state index contributed by atoms with van der Waals surface area (Å²) in [6.45, 7) is 3.14. The number of likely N-dealkylation sites (tertiary alicyclic amines) is 1. The van der Waals surface area contributed by atoms with Crippen molar-refractivity contribution in [2.24, 2.45) is 5.92 Å². The number of thiazole rings is 1. The molecule has 2 aliphatic rings. The zero-order valence-corrected chi connectivity index (χ0v) is 12.1. The van der Waals surface area contributed by atoms with Crippen molar-refractivity contribution in [2.75, 3.05) is 13.1 Å². The maximum absolute atomic E-state index is 6.24. The van der Waals surface area contributed by atoms with E-state index in [1.54, 1.807) is 17.6 Å². The van der Waals surface area contributed by atoms with Gasteiger partial charge in [0.15, 0.2) is 0 Å². The van der Waals surface area contributed by atoms with Crippen LogP contribution in [0.1, 0.15) is 29.5 Å². The molecule has 4 nitrogen and oxygen atoms in total. The average molecular weight is 290 g/mol. The largest absolute Gasteiger partial charge is 0.472 e. The van der Waals surface area contributed by atoms with Crippen LogP contribution in [0.25, 0.3) is 0 Å². The molecule has 0 unspecified atom stereocenters. The fourth-order valence-electron chi connectivity index (χ4n) is 3.33. The van der Waals surface area contributed by atoms with Gasteiger partial charge in [0.1, 0.15) is 11.1 Å². The Balaban J connectivity index is 1.40. The van der Waals surface area contributed by atoms with Gasteiger partial charge in [0.2, 0.25) is 0 Å². The van der Waals surface area contributed by atoms with Gasteiger partial charge < -0.3 is 9.15 Å². The maximum atomic E-state index is 6.24. The summed E-state index contributed by atoms with van der Waals surface area (Å²) in [6, 6.07) is 2.04. The smallest absolute Gasteiger partial charge is 0.121 e. The number of fused-ring (bicyclic) bond motifs is 1. The van der Waals surface area contributed by atoms with Crippen LogP contribution < -0.4 is 0 Å².